The van der Waals surface area contributed by atoms with Crippen molar-refractivity contribution in [1.29, 1.82) is 5.26 Å². The molecule has 288 valence electrons. The van der Waals surface area contributed by atoms with E-state index in [1.165, 1.54) is 10.8 Å². The molecule has 14 heteroatoms. The highest BCUT2D eigenvalue weighted by Gasteiger charge is 2.55. The molecule has 0 saturated carbocycles. The number of ether oxygens (including phenoxy) is 3. The molecule has 53 heavy (non-hydrogen) atoms. The van der Waals surface area contributed by atoms with Gasteiger partial charge in [-0.15, -0.1) is 0 Å². The van der Waals surface area contributed by atoms with Gasteiger partial charge in [0.25, 0.3) is 22.4 Å². The van der Waals surface area contributed by atoms with Crippen LogP contribution in [0.4, 0.5) is 0 Å². The molecule has 1 aromatic heterocycles. The number of nitrogens with zero attached hydrogens (tertiary/aromatic N) is 3. The van der Waals surface area contributed by atoms with Crippen LogP contribution in [0.2, 0.25) is 5.04 Å². The van der Waals surface area contributed by atoms with E-state index in [0.29, 0.717) is 38.0 Å². The summed E-state index contributed by atoms with van der Waals surface area (Å²) in [5.74, 6) is 0. The third-order valence-electron chi connectivity index (χ3n) is 10.2. The Labute approximate surface area is 315 Å². The second-order valence-corrected chi connectivity index (χ2v) is 21.3. The van der Waals surface area contributed by atoms with Crippen molar-refractivity contribution in [3.8, 4) is 6.07 Å². The molecule has 0 amide bonds. The lowest BCUT2D eigenvalue weighted by Crippen LogP contribution is -2.67. The third-order valence-corrected chi connectivity index (χ3v) is 17.0. The molecule has 0 spiro atoms. The monoisotopic (exact) mass is 766 g/mol. The van der Waals surface area contributed by atoms with Crippen LogP contribution in [0.5, 0.6) is 0 Å². The number of aryl methyl sites for hydroxylation is 1. The van der Waals surface area contributed by atoms with Crippen LogP contribution in [0.1, 0.15) is 79.5 Å². The number of hydrogen-bond donors (Lipinski definition) is 2. The van der Waals surface area contributed by atoms with Crippen molar-refractivity contribution in [2.75, 3.05) is 19.8 Å². The lowest BCUT2D eigenvalue weighted by atomic mass is 9.98. The van der Waals surface area contributed by atoms with Crippen molar-refractivity contribution in [3.05, 3.63) is 93.3 Å². The van der Waals surface area contributed by atoms with Gasteiger partial charge in [0.05, 0.1) is 25.4 Å². The molecule has 6 atom stereocenters. The average Bonchev–Trinajstić information content (AvgIpc) is 3.74. The van der Waals surface area contributed by atoms with E-state index in [4.69, 9.17) is 23.2 Å². The fourth-order valence-corrected chi connectivity index (χ4v) is 13.8. The van der Waals surface area contributed by atoms with Gasteiger partial charge in [0.15, 0.2) is 6.23 Å². The molecule has 3 aromatic rings. The number of aromatic amines is 1. The fraction of sp³-hybridized carbons (Fsp3) is 0.564. The molecule has 0 aliphatic carbocycles. The Morgan fingerprint density at radius 3 is 2.21 bits per heavy atom. The number of hydrogen-bond acceptors (Lipinski definition) is 10. The van der Waals surface area contributed by atoms with Crippen LogP contribution in [0.3, 0.4) is 0 Å². The molecule has 2 N–H and O–H groups in total. The Bertz CT molecular complexity index is 1760. The number of H-pyrrole nitrogens is 1. The predicted octanol–water partition coefficient (Wildman–Crippen LogP) is 4.89. The van der Waals surface area contributed by atoms with E-state index in [9.17, 15) is 19.7 Å². The molecule has 2 aliphatic heterocycles. The van der Waals surface area contributed by atoms with Crippen molar-refractivity contribution in [2.24, 2.45) is 0 Å². The Morgan fingerprint density at radius 2 is 1.68 bits per heavy atom. The van der Waals surface area contributed by atoms with Crippen molar-refractivity contribution >= 4 is 27.2 Å². The maximum absolute atomic E-state index is 13.4. The SMILES string of the molecule is Cc1cn([C@@H]2O[C@H](CO[Si](c3ccccc3)(c3ccccc3)C(C)(C)C)[C@@H](OP(O)N(C(C)C)C(C)(C)CCC#N)[C@H]2O[C@@H]2CCOC2)c(=O)[nH]c1=O. The maximum Gasteiger partial charge on any atom is 0.330 e. The molecule has 1 unspecified atom stereocenters. The number of nitriles is 1. The van der Waals surface area contributed by atoms with Gasteiger partial charge in [-0.3, -0.25) is 14.3 Å². The van der Waals surface area contributed by atoms with Crippen LogP contribution in [0.25, 0.3) is 0 Å². The van der Waals surface area contributed by atoms with Gasteiger partial charge in [-0.1, -0.05) is 81.4 Å². The first kappa shape index (κ1) is 41.1. The van der Waals surface area contributed by atoms with Crippen molar-refractivity contribution in [3.63, 3.8) is 0 Å². The van der Waals surface area contributed by atoms with Crippen LogP contribution in [-0.4, -0.2) is 83.2 Å². The zero-order valence-electron chi connectivity index (χ0n) is 32.2. The molecule has 2 aliphatic rings. The van der Waals surface area contributed by atoms with Crippen molar-refractivity contribution in [1.82, 2.24) is 14.2 Å². The van der Waals surface area contributed by atoms with Crippen LogP contribution in [0.15, 0.2) is 76.4 Å². The summed E-state index contributed by atoms with van der Waals surface area (Å²) in [7, 11) is -5.35. The number of benzene rings is 2. The van der Waals surface area contributed by atoms with Gasteiger partial charge in [-0.25, -0.2) is 9.46 Å². The minimum absolute atomic E-state index is 0.0508. The fourth-order valence-electron chi connectivity index (χ4n) is 7.69. The topological polar surface area (TPSA) is 148 Å². The van der Waals surface area contributed by atoms with Gasteiger partial charge < -0.3 is 28.1 Å². The van der Waals surface area contributed by atoms with Gasteiger partial charge in [0.1, 0.15) is 18.3 Å². The summed E-state index contributed by atoms with van der Waals surface area (Å²) in [6.45, 7) is 17.1. The standard InChI is InChI=1S/C39H55N4O8PSi/c1-27(2)43(39(7,8)21-15-22-40)52(46)51-33-32(26-48-53(38(4,5)6,30-16-11-9-12-17-30)31-18-13-10-14-19-31)50-36(34(33)49-29-20-23-47-25-29)42-24-28(3)35(44)41-37(42)45/h9-14,16-19,24,27,29,32-34,36,46H,15,20-21,23,25-26H2,1-8H3,(H,41,44,45)/t29-,32-,33-,34-,36-,52?/m1/s1. The summed E-state index contributed by atoms with van der Waals surface area (Å²) in [6.07, 6.45) is -1.04. The van der Waals surface area contributed by atoms with E-state index < -0.39 is 58.2 Å². The summed E-state index contributed by atoms with van der Waals surface area (Å²) in [5.41, 5.74) is -1.40. The van der Waals surface area contributed by atoms with Gasteiger partial charge in [0, 0.05) is 36.4 Å². The Balaban J connectivity index is 1.62. The van der Waals surface area contributed by atoms with E-state index in [2.05, 4.69) is 56.1 Å². The molecular formula is C39H55N4O8PSi. The Kier molecular flexibility index (Phi) is 13.3. The van der Waals surface area contributed by atoms with Crippen LogP contribution >= 0.6 is 8.53 Å². The molecule has 0 bridgehead atoms. The first-order chi connectivity index (χ1) is 25.1. The molecule has 2 fully saturated rings. The highest BCUT2D eigenvalue weighted by Crippen LogP contribution is 2.50. The zero-order valence-corrected chi connectivity index (χ0v) is 34.0. The van der Waals surface area contributed by atoms with Crippen LogP contribution in [-0.2, 0) is 23.2 Å². The van der Waals surface area contributed by atoms with E-state index in [1.54, 1.807) is 6.92 Å². The van der Waals surface area contributed by atoms with Gasteiger partial charge in [0.2, 0.25) is 0 Å². The third kappa shape index (κ3) is 8.94. The summed E-state index contributed by atoms with van der Waals surface area (Å²) < 4.78 is 36.6. The largest absolute Gasteiger partial charge is 0.405 e. The number of nitrogens with one attached hydrogen (secondary N) is 1. The highest BCUT2D eigenvalue weighted by atomic mass is 31.2. The van der Waals surface area contributed by atoms with Crippen molar-refractivity contribution in [2.45, 2.75) is 122 Å². The van der Waals surface area contributed by atoms with Crippen molar-refractivity contribution < 1.29 is 28.1 Å². The molecular weight excluding hydrogens is 712 g/mol. The maximum atomic E-state index is 13.4. The molecule has 3 heterocycles. The second-order valence-electron chi connectivity index (χ2n) is 15.8. The minimum Gasteiger partial charge on any atom is -0.405 e. The quantitative estimate of drug-likeness (QED) is 0.162. The second kappa shape index (κ2) is 17.2. The van der Waals surface area contributed by atoms with E-state index in [1.807, 2.05) is 68.8 Å². The van der Waals surface area contributed by atoms with Gasteiger partial charge >= 0.3 is 5.69 Å². The molecule has 0 radical (unpaired) electrons. The van der Waals surface area contributed by atoms with Gasteiger partial charge in [-0.05, 0) is 62.9 Å². The molecule has 2 aromatic carbocycles. The van der Waals surface area contributed by atoms with E-state index >= 15 is 0 Å². The molecule has 2 saturated heterocycles. The lowest BCUT2D eigenvalue weighted by Gasteiger charge is -2.44. The zero-order chi connectivity index (χ0) is 38.6. The van der Waals surface area contributed by atoms with Crippen LogP contribution < -0.4 is 21.6 Å². The minimum atomic E-state index is -3.07. The molecule has 5 rings (SSSR count). The highest BCUT2D eigenvalue weighted by molar-refractivity contribution is 7.43. The van der Waals surface area contributed by atoms with Gasteiger partial charge in [-0.2, -0.15) is 5.26 Å². The first-order valence-electron chi connectivity index (χ1n) is 18.4. The summed E-state index contributed by atoms with van der Waals surface area (Å²) in [4.78, 5) is 40.4. The summed E-state index contributed by atoms with van der Waals surface area (Å²) in [5, 5.41) is 11.2. The lowest BCUT2D eigenvalue weighted by molar-refractivity contribution is -0.101. The summed E-state index contributed by atoms with van der Waals surface area (Å²) >= 11 is 0. The van der Waals surface area contributed by atoms with Crippen LogP contribution in [0, 0.1) is 18.3 Å². The van der Waals surface area contributed by atoms with E-state index in [-0.39, 0.29) is 23.8 Å². The first-order valence-corrected chi connectivity index (χ1v) is 21.5. The Morgan fingerprint density at radius 1 is 1.06 bits per heavy atom. The molecule has 12 nitrogen and oxygen atoms in total. The smallest absolute Gasteiger partial charge is 0.330 e. The Hall–Kier alpha value is -3.02. The normalized spacial score (nSPS) is 23.1. The number of rotatable bonds is 15. The number of aromatic nitrogens is 2. The summed E-state index contributed by atoms with van der Waals surface area (Å²) in [6, 6.07) is 22.6. The van der Waals surface area contributed by atoms with E-state index in [0.717, 1.165) is 10.4 Å². The average molecular weight is 767 g/mol. The predicted molar refractivity (Wildman–Crippen MR) is 208 cm³/mol.